The molecule has 0 aromatic rings. The first kappa shape index (κ1) is 9.49. The molecule has 0 aromatic carbocycles. The Labute approximate surface area is 73.5 Å². The molecule has 0 aromatic heterocycles. The van der Waals surface area contributed by atoms with Crippen molar-refractivity contribution in [2.75, 3.05) is 13.2 Å². The molecular weight excluding hydrogens is 152 g/mol. The van der Waals surface area contributed by atoms with Crippen molar-refractivity contribution >= 4 is 0 Å². The van der Waals surface area contributed by atoms with Crippen LogP contribution in [0.15, 0.2) is 23.8 Å². The van der Waals surface area contributed by atoms with E-state index in [2.05, 4.69) is 19.6 Å². The summed E-state index contributed by atoms with van der Waals surface area (Å²) in [6, 6.07) is 0. The first-order valence-electron chi connectivity index (χ1n) is 4.30. The molecule has 1 unspecified atom stereocenters. The van der Waals surface area contributed by atoms with Gasteiger partial charge in [0, 0.05) is 0 Å². The summed E-state index contributed by atoms with van der Waals surface area (Å²) in [5.74, 6) is 0. The lowest BCUT2D eigenvalue weighted by molar-refractivity contribution is 0.0283. The van der Waals surface area contributed by atoms with Crippen molar-refractivity contribution in [2.24, 2.45) is 0 Å². The molecule has 1 N–H and O–H groups in total. The van der Waals surface area contributed by atoms with E-state index in [4.69, 9.17) is 9.84 Å². The highest BCUT2D eigenvalue weighted by molar-refractivity contribution is 5.24. The Bertz CT molecular complexity index is 194. The van der Waals surface area contributed by atoms with Crippen LogP contribution in [0.5, 0.6) is 0 Å². The third-order valence-electron chi connectivity index (χ3n) is 1.93. The van der Waals surface area contributed by atoms with Crippen molar-refractivity contribution in [2.45, 2.75) is 25.9 Å². The maximum atomic E-state index is 8.57. The van der Waals surface area contributed by atoms with Gasteiger partial charge in [-0.05, 0) is 19.8 Å². The zero-order valence-electron chi connectivity index (χ0n) is 7.55. The average Bonchev–Trinajstić information content (AvgIpc) is 1.99. The molecule has 0 amide bonds. The molecule has 0 heterocycles. The summed E-state index contributed by atoms with van der Waals surface area (Å²) < 4.78 is 5.42. The Balaban J connectivity index is 2.39. The van der Waals surface area contributed by atoms with E-state index in [9.17, 15) is 0 Å². The maximum Gasteiger partial charge on any atom is 0.0701 e. The average molecular weight is 168 g/mol. The molecule has 0 saturated carbocycles. The summed E-state index contributed by atoms with van der Waals surface area (Å²) >= 11 is 0. The number of aliphatic hydroxyl groups excluding tert-OH is 1. The van der Waals surface area contributed by atoms with Gasteiger partial charge in [0.2, 0.25) is 0 Å². The molecule has 2 heteroatoms. The lowest BCUT2D eigenvalue weighted by atomic mass is 9.95. The highest BCUT2D eigenvalue weighted by Crippen LogP contribution is 2.23. The van der Waals surface area contributed by atoms with Gasteiger partial charge in [0.25, 0.3) is 0 Å². The number of rotatable bonds is 3. The SMILES string of the molecule is C=C1C=C(C)CC(OCCO)C1. The summed E-state index contributed by atoms with van der Waals surface area (Å²) in [5, 5.41) is 8.57. The monoisotopic (exact) mass is 168 g/mol. The molecule has 0 fully saturated rings. The lowest BCUT2D eigenvalue weighted by Crippen LogP contribution is -2.19. The number of hydrogen-bond acceptors (Lipinski definition) is 2. The van der Waals surface area contributed by atoms with Gasteiger partial charge >= 0.3 is 0 Å². The third kappa shape index (κ3) is 2.80. The Hall–Kier alpha value is -0.600. The minimum absolute atomic E-state index is 0.103. The standard InChI is InChI=1S/C10H16O2/c1-8-5-9(2)7-10(6-8)12-4-3-11/h5,10-11H,1,3-4,6-7H2,2H3. The van der Waals surface area contributed by atoms with Gasteiger partial charge < -0.3 is 9.84 Å². The van der Waals surface area contributed by atoms with Gasteiger partial charge in [0.1, 0.15) is 0 Å². The van der Waals surface area contributed by atoms with Gasteiger partial charge in [0.05, 0.1) is 19.3 Å². The van der Waals surface area contributed by atoms with Crippen molar-refractivity contribution in [1.29, 1.82) is 0 Å². The molecule has 0 spiro atoms. The van der Waals surface area contributed by atoms with Crippen LogP contribution in [0.25, 0.3) is 0 Å². The molecule has 1 atom stereocenters. The van der Waals surface area contributed by atoms with Crippen LogP contribution in [0, 0.1) is 0 Å². The smallest absolute Gasteiger partial charge is 0.0701 e. The largest absolute Gasteiger partial charge is 0.394 e. The summed E-state index contributed by atoms with van der Waals surface area (Å²) in [5.41, 5.74) is 2.44. The molecule has 1 rings (SSSR count). The highest BCUT2D eigenvalue weighted by atomic mass is 16.5. The van der Waals surface area contributed by atoms with Gasteiger partial charge in [0.15, 0.2) is 0 Å². The van der Waals surface area contributed by atoms with Crippen molar-refractivity contribution < 1.29 is 9.84 Å². The van der Waals surface area contributed by atoms with E-state index in [1.54, 1.807) is 0 Å². The van der Waals surface area contributed by atoms with Crippen LogP contribution in [0.3, 0.4) is 0 Å². The highest BCUT2D eigenvalue weighted by Gasteiger charge is 2.15. The molecular formula is C10H16O2. The Morgan fingerprint density at radius 3 is 3.00 bits per heavy atom. The van der Waals surface area contributed by atoms with E-state index >= 15 is 0 Å². The Morgan fingerprint density at radius 1 is 1.67 bits per heavy atom. The van der Waals surface area contributed by atoms with Crippen LogP contribution in [0.4, 0.5) is 0 Å². The molecule has 2 nitrogen and oxygen atoms in total. The molecule has 1 aliphatic rings. The van der Waals surface area contributed by atoms with E-state index in [0.717, 1.165) is 18.4 Å². The van der Waals surface area contributed by atoms with E-state index in [0.29, 0.717) is 6.61 Å². The van der Waals surface area contributed by atoms with Crippen LogP contribution in [0.2, 0.25) is 0 Å². The van der Waals surface area contributed by atoms with Crippen LogP contribution in [-0.4, -0.2) is 24.4 Å². The minimum Gasteiger partial charge on any atom is -0.394 e. The molecule has 0 radical (unpaired) electrons. The second-order valence-corrected chi connectivity index (χ2v) is 3.27. The van der Waals surface area contributed by atoms with Gasteiger partial charge in [-0.2, -0.15) is 0 Å². The first-order valence-corrected chi connectivity index (χ1v) is 4.30. The van der Waals surface area contributed by atoms with Crippen LogP contribution in [-0.2, 0) is 4.74 Å². The second-order valence-electron chi connectivity index (χ2n) is 3.27. The van der Waals surface area contributed by atoms with E-state index in [-0.39, 0.29) is 12.7 Å². The van der Waals surface area contributed by atoms with E-state index < -0.39 is 0 Å². The van der Waals surface area contributed by atoms with Crippen LogP contribution in [0.1, 0.15) is 19.8 Å². The predicted molar refractivity (Wildman–Crippen MR) is 49.0 cm³/mol. The second kappa shape index (κ2) is 4.43. The summed E-state index contributed by atoms with van der Waals surface area (Å²) in [6.07, 6.45) is 4.21. The lowest BCUT2D eigenvalue weighted by Gasteiger charge is -2.22. The van der Waals surface area contributed by atoms with Gasteiger partial charge in [-0.3, -0.25) is 0 Å². The molecule has 0 bridgehead atoms. The van der Waals surface area contributed by atoms with Crippen LogP contribution < -0.4 is 0 Å². The van der Waals surface area contributed by atoms with Gasteiger partial charge in [-0.1, -0.05) is 23.8 Å². The molecule has 0 saturated heterocycles. The fraction of sp³-hybridized carbons (Fsp3) is 0.600. The molecule has 1 aliphatic carbocycles. The fourth-order valence-corrected chi connectivity index (χ4v) is 1.53. The van der Waals surface area contributed by atoms with E-state index in [1.807, 2.05) is 0 Å². The molecule has 0 aliphatic heterocycles. The molecule has 12 heavy (non-hydrogen) atoms. The topological polar surface area (TPSA) is 29.5 Å². The quantitative estimate of drug-likeness (QED) is 0.694. The third-order valence-corrected chi connectivity index (χ3v) is 1.93. The Morgan fingerprint density at radius 2 is 2.42 bits per heavy atom. The normalized spacial score (nSPS) is 24.0. The first-order chi connectivity index (χ1) is 5.72. The van der Waals surface area contributed by atoms with E-state index in [1.165, 1.54) is 5.57 Å². The van der Waals surface area contributed by atoms with Gasteiger partial charge in [-0.15, -0.1) is 0 Å². The van der Waals surface area contributed by atoms with Crippen LogP contribution >= 0.6 is 0 Å². The number of allylic oxidation sites excluding steroid dienone is 1. The zero-order valence-corrected chi connectivity index (χ0v) is 7.55. The number of hydrogen-bond donors (Lipinski definition) is 1. The Kier molecular flexibility index (Phi) is 3.50. The van der Waals surface area contributed by atoms with Crippen molar-refractivity contribution in [3.63, 3.8) is 0 Å². The number of ether oxygens (including phenoxy) is 1. The number of aliphatic hydroxyl groups is 1. The maximum absolute atomic E-state index is 8.57. The van der Waals surface area contributed by atoms with Crippen molar-refractivity contribution in [1.82, 2.24) is 0 Å². The summed E-state index contributed by atoms with van der Waals surface area (Å²) in [6.45, 7) is 6.53. The minimum atomic E-state index is 0.103. The van der Waals surface area contributed by atoms with Crippen molar-refractivity contribution in [3.05, 3.63) is 23.8 Å². The summed E-state index contributed by atoms with van der Waals surface area (Å²) in [7, 11) is 0. The van der Waals surface area contributed by atoms with Crippen molar-refractivity contribution in [3.8, 4) is 0 Å². The fourth-order valence-electron chi connectivity index (χ4n) is 1.53. The molecule has 68 valence electrons. The van der Waals surface area contributed by atoms with Gasteiger partial charge in [-0.25, -0.2) is 0 Å². The summed E-state index contributed by atoms with van der Waals surface area (Å²) in [4.78, 5) is 0. The predicted octanol–water partition coefficient (Wildman–Crippen LogP) is 1.66. The zero-order chi connectivity index (χ0) is 8.97.